The largest absolute Gasteiger partial charge is 0.316 e. The third-order valence-electron chi connectivity index (χ3n) is 5.82. The molecule has 0 radical (unpaired) electrons. The van der Waals surface area contributed by atoms with Crippen LogP contribution in [0.25, 0.3) is 21.9 Å². The number of hydrazine groups is 1. The highest BCUT2D eigenvalue weighted by Gasteiger charge is 2.24. The van der Waals surface area contributed by atoms with Crippen LogP contribution in [0.5, 0.6) is 0 Å². The average Bonchev–Trinajstić information content (AvgIpc) is 3.19. The Hall–Kier alpha value is -3.29. The number of nitrogens with zero attached hydrogens (tertiary/aromatic N) is 4. The van der Waals surface area contributed by atoms with Gasteiger partial charge in [-0.1, -0.05) is 41.5 Å². The zero-order valence-electron chi connectivity index (χ0n) is 19.4. The highest BCUT2D eigenvalue weighted by molar-refractivity contribution is 6.36. The van der Waals surface area contributed by atoms with Crippen LogP contribution in [0.1, 0.15) is 47.4 Å². The van der Waals surface area contributed by atoms with Crippen molar-refractivity contribution in [3.63, 3.8) is 0 Å². The molecule has 0 atom stereocenters. The fourth-order valence-electron chi connectivity index (χ4n) is 4.06. The van der Waals surface area contributed by atoms with Crippen LogP contribution in [0.15, 0.2) is 42.5 Å². The summed E-state index contributed by atoms with van der Waals surface area (Å²) < 4.78 is 1.93. The summed E-state index contributed by atoms with van der Waals surface area (Å²) in [5.74, 6) is 6.41. The van der Waals surface area contributed by atoms with Crippen molar-refractivity contribution in [2.24, 2.45) is 0 Å². The molecule has 6 nitrogen and oxygen atoms in total. The van der Waals surface area contributed by atoms with Gasteiger partial charge in [0.25, 0.3) is 5.91 Å². The van der Waals surface area contributed by atoms with E-state index in [1.165, 1.54) is 6.42 Å². The average molecular weight is 506 g/mol. The van der Waals surface area contributed by atoms with Crippen LogP contribution in [0.2, 0.25) is 10.0 Å². The van der Waals surface area contributed by atoms with E-state index in [1.807, 2.05) is 46.8 Å². The van der Waals surface area contributed by atoms with Crippen molar-refractivity contribution in [2.75, 3.05) is 19.6 Å². The van der Waals surface area contributed by atoms with Crippen molar-refractivity contribution in [1.82, 2.24) is 20.0 Å². The van der Waals surface area contributed by atoms with E-state index in [-0.39, 0.29) is 5.91 Å². The Kier molecular flexibility index (Phi) is 8.10. The van der Waals surface area contributed by atoms with Gasteiger partial charge in [-0.2, -0.15) is 0 Å². The maximum absolute atomic E-state index is 13.2. The molecule has 4 rings (SSSR count). The smallest absolute Gasteiger partial charge is 0.286 e. The Morgan fingerprint density at radius 2 is 1.89 bits per heavy atom. The van der Waals surface area contributed by atoms with Crippen LogP contribution >= 0.6 is 23.2 Å². The lowest BCUT2D eigenvalue weighted by atomic mass is 10.1. The molecule has 1 amide bonds. The van der Waals surface area contributed by atoms with E-state index in [0.717, 1.165) is 37.2 Å². The quantitative estimate of drug-likeness (QED) is 0.265. The van der Waals surface area contributed by atoms with E-state index < -0.39 is 0 Å². The highest BCUT2D eigenvalue weighted by atomic mass is 35.5. The molecular weight excluding hydrogens is 481 g/mol. The Balaban J connectivity index is 1.73. The van der Waals surface area contributed by atoms with Gasteiger partial charge in [-0.3, -0.25) is 14.8 Å². The number of amides is 1. The SMILES string of the molecule is [C-]#[N+]CCC#Cc1ccc(-n2c(-c3ccc(Cl)cc3Cl)nc(C(=O)NN3CCCCC3)c2C)cc1. The first kappa shape index (κ1) is 24.8. The summed E-state index contributed by atoms with van der Waals surface area (Å²) in [5, 5.41) is 2.94. The standard InChI is InChI=1S/C27H25Cl2N5O/c1-19-25(27(35)32-33-16-6-3-7-17-33)31-26(23-14-11-21(28)18-24(23)29)34(19)22-12-9-20(10-13-22)8-4-5-15-30-2/h9-14,18H,3,5-7,15-17H2,1H3,(H,32,35). The number of imidazole rings is 1. The number of aromatic nitrogens is 2. The fraction of sp³-hybridized carbons (Fsp3) is 0.296. The zero-order valence-corrected chi connectivity index (χ0v) is 21.0. The highest BCUT2D eigenvalue weighted by Crippen LogP contribution is 2.33. The molecule has 0 bridgehead atoms. The van der Waals surface area contributed by atoms with Gasteiger partial charge in [0.1, 0.15) is 5.82 Å². The van der Waals surface area contributed by atoms with Gasteiger partial charge in [0.2, 0.25) is 6.54 Å². The van der Waals surface area contributed by atoms with Crippen molar-refractivity contribution in [1.29, 1.82) is 0 Å². The molecule has 0 unspecified atom stereocenters. The number of hydrogen-bond donors (Lipinski definition) is 1. The predicted octanol–water partition coefficient (Wildman–Crippen LogP) is 5.95. The molecular formula is C27H25Cl2N5O. The van der Waals surface area contributed by atoms with Gasteiger partial charge in [-0.15, -0.1) is 0 Å². The number of carbonyl (C=O) groups excluding carboxylic acids is 1. The van der Waals surface area contributed by atoms with Crippen LogP contribution in [-0.4, -0.2) is 40.1 Å². The summed E-state index contributed by atoms with van der Waals surface area (Å²) in [5.41, 5.74) is 6.43. The molecule has 8 heteroatoms. The van der Waals surface area contributed by atoms with E-state index in [9.17, 15) is 4.79 Å². The number of benzene rings is 2. The van der Waals surface area contributed by atoms with Crippen molar-refractivity contribution in [3.05, 3.63) is 80.9 Å². The zero-order chi connectivity index (χ0) is 24.8. The first-order chi connectivity index (χ1) is 17.0. The molecule has 1 aliphatic heterocycles. The van der Waals surface area contributed by atoms with Crippen molar-refractivity contribution >= 4 is 29.1 Å². The van der Waals surface area contributed by atoms with Gasteiger partial charge in [-0.25, -0.2) is 16.6 Å². The molecule has 1 aliphatic rings. The molecule has 1 aromatic heterocycles. The van der Waals surface area contributed by atoms with Crippen molar-refractivity contribution < 1.29 is 4.79 Å². The lowest BCUT2D eigenvalue weighted by Crippen LogP contribution is -2.45. The monoisotopic (exact) mass is 505 g/mol. The van der Waals surface area contributed by atoms with Gasteiger partial charge in [0.05, 0.1) is 17.1 Å². The number of piperidine rings is 1. The minimum absolute atomic E-state index is 0.239. The Bertz CT molecular complexity index is 1320. The fourth-order valence-corrected chi connectivity index (χ4v) is 4.55. The minimum atomic E-state index is -0.239. The first-order valence-corrected chi connectivity index (χ1v) is 12.3. The molecule has 1 N–H and O–H groups in total. The molecule has 3 aromatic rings. The van der Waals surface area contributed by atoms with E-state index >= 15 is 0 Å². The molecule has 1 saturated heterocycles. The van der Waals surface area contributed by atoms with Crippen LogP contribution in [0.4, 0.5) is 0 Å². The Morgan fingerprint density at radius 1 is 1.14 bits per heavy atom. The van der Waals surface area contributed by atoms with Gasteiger partial charge < -0.3 is 4.85 Å². The van der Waals surface area contributed by atoms with Crippen LogP contribution < -0.4 is 5.43 Å². The van der Waals surface area contributed by atoms with Gasteiger partial charge in [-0.05, 0) is 62.2 Å². The molecule has 2 heterocycles. The van der Waals surface area contributed by atoms with E-state index in [1.54, 1.807) is 12.1 Å². The topological polar surface area (TPSA) is 54.5 Å². The number of hydrogen-bond acceptors (Lipinski definition) is 3. The number of carbonyl (C=O) groups is 1. The second-order valence-corrected chi connectivity index (χ2v) is 9.14. The molecule has 0 aliphatic carbocycles. The third-order valence-corrected chi connectivity index (χ3v) is 6.37. The lowest BCUT2D eigenvalue weighted by Gasteiger charge is -2.26. The Labute approximate surface area is 215 Å². The van der Waals surface area contributed by atoms with Crippen molar-refractivity contribution in [2.45, 2.75) is 32.6 Å². The molecule has 2 aromatic carbocycles. The molecule has 0 saturated carbocycles. The second kappa shape index (κ2) is 11.4. The number of halogens is 2. The number of rotatable bonds is 5. The maximum Gasteiger partial charge on any atom is 0.286 e. The van der Waals surface area contributed by atoms with Crippen LogP contribution in [-0.2, 0) is 0 Å². The van der Waals surface area contributed by atoms with Gasteiger partial charge in [0.15, 0.2) is 5.69 Å². The third kappa shape index (κ3) is 5.86. The molecule has 178 valence electrons. The van der Waals surface area contributed by atoms with Gasteiger partial charge >= 0.3 is 0 Å². The summed E-state index contributed by atoms with van der Waals surface area (Å²) in [6.07, 6.45) is 3.85. The number of nitrogens with one attached hydrogen (secondary N) is 1. The van der Waals surface area contributed by atoms with Crippen LogP contribution in [0.3, 0.4) is 0 Å². The first-order valence-electron chi connectivity index (χ1n) is 11.5. The minimum Gasteiger partial charge on any atom is -0.316 e. The molecule has 35 heavy (non-hydrogen) atoms. The van der Waals surface area contributed by atoms with E-state index in [0.29, 0.717) is 45.8 Å². The van der Waals surface area contributed by atoms with Crippen LogP contribution in [0, 0.1) is 25.3 Å². The summed E-state index contributed by atoms with van der Waals surface area (Å²) in [6, 6.07) is 12.9. The lowest BCUT2D eigenvalue weighted by molar-refractivity contribution is 0.0744. The molecule has 0 spiro atoms. The summed E-state index contributed by atoms with van der Waals surface area (Å²) in [4.78, 5) is 21.3. The van der Waals surface area contributed by atoms with E-state index in [2.05, 4.69) is 22.1 Å². The Morgan fingerprint density at radius 3 is 2.57 bits per heavy atom. The predicted molar refractivity (Wildman–Crippen MR) is 140 cm³/mol. The normalized spacial score (nSPS) is 13.5. The summed E-state index contributed by atoms with van der Waals surface area (Å²) in [7, 11) is 0. The second-order valence-electron chi connectivity index (χ2n) is 8.30. The van der Waals surface area contributed by atoms with Gasteiger partial charge in [0, 0.05) is 34.9 Å². The maximum atomic E-state index is 13.2. The summed E-state index contributed by atoms with van der Waals surface area (Å²) in [6.45, 7) is 10.8. The summed E-state index contributed by atoms with van der Waals surface area (Å²) >= 11 is 12.7. The van der Waals surface area contributed by atoms with E-state index in [4.69, 9.17) is 34.8 Å². The molecule has 1 fully saturated rings. The van der Waals surface area contributed by atoms with Crippen molar-refractivity contribution in [3.8, 4) is 28.9 Å².